The van der Waals surface area contributed by atoms with Crippen molar-refractivity contribution in [2.45, 2.75) is 25.4 Å². The molecule has 0 atom stereocenters. The summed E-state index contributed by atoms with van der Waals surface area (Å²) in [4.78, 5) is 14.5. The van der Waals surface area contributed by atoms with Crippen molar-refractivity contribution in [2.75, 3.05) is 0 Å². The molecule has 0 radical (unpaired) electrons. The van der Waals surface area contributed by atoms with Crippen LogP contribution >= 0.6 is 0 Å². The number of benzene rings is 3. The number of hydrogen-bond acceptors (Lipinski definition) is 2. The molecule has 4 aromatic rings. The normalized spacial score (nSPS) is 13.5. The van der Waals surface area contributed by atoms with Crippen molar-refractivity contribution >= 4 is 0 Å². The van der Waals surface area contributed by atoms with Crippen molar-refractivity contribution < 1.29 is 0 Å². The summed E-state index contributed by atoms with van der Waals surface area (Å²) in [6.07, 6.45) is 5.62. The van der Waals surface area contributed by atoms with Crippen molar-refractivity contribution in [3.05, 3.63) is 112 Å². The zero-order valence-corrected chi connectivity index (χ0v) is 16.1. The predicted octanol–water partition coefficient (Wildman–Crippen LogP) is 4.09. The van der Waals surface area contributed by atoms with E-state index in [1.807, 2.05) is 18.2 Å². The molecule has 0 unspecified atom stereocenters. The molecule has 1 aliphatic carbocycles. The van der Waals surface area contributed by atoms with E-state index in [4.69, 9.17) is 0 Å². The smallest absolute Gasteiger partial charge is 0.312 e. The van der Waals surface area contributed by atoms with E-state index in [0.29, 0.717) is 6.04 Å². The van der Waals surface area contributed by atoms with Gasteiger partial charge in [0.25, 0.3) is 0 Å². The molecular weight excluding hydrogens is 358 g/mol. The Labute approximate surface area is 169 Å². The van der Waals surface area contributed by atoms with Crippen LogP contribution in [0.2, 0.25) is 0 Å². The van der Waals surface area contributed by atoms with E-state index in [9.17, 15) is 4.79 Å². The number of nitrogens with one attached hydrogen (secondary N) is 2. The summed E-state index contributed by atoms with van der Waals surface area (Å²) in [6, 6.07) is 25.9. The molecule has 29 heavy (non-hydrogen) atoms. The Morgan fingerprint density at radius 3 is 2.34 bits per heavy atom. The highest BCUT2D eigenvalue weighted by Crippen LogP contribution is 2.24. The Morgan fingerprint density at radius 2 is 1.66 bits per heavy atom. The SMILES string of the molecule is O=c1[nH]ccn1-c1cccc(-c2ccc(CNC3Cc4ccccc4C3)cc2)c1. The minimum absolute atomic E-state index is 0.127. The highest BCUT2D eigenvalue weighted by molar-refractivity contribution is 5.66. The van der Waals surface area contributed by atoms with Crippen molar-refractivity contribution in [1.82, 2.24) is 14.9 Å². The van der Waals surface area contributed by atoms with Gasteiger partial charge in [-0.05, 0) is 52.8 Å². The molecule has 0 spiro atoms. The molecule has 4 nitrogen and oxygen atoms in total. The zero-order valence-electron chi connectivity index (χ0n) is 16.1. The molecule has 0 saturated carbocycles. The number of nitrogens with zero attached hydrogens (tertiary/aromatic N) is 1. The maximum Gasteiger partial charge on any atom is 0.330 e. The van der Waals surface area contributed by atoms with Gasteiger partial charge in [0.1, 0.15) is 0 Å². The number of hydrogen-bond donors (Lipinski definition) is 2. The van der Waals surface area contributed by atoms with Crippen LogP contribution < -0.4 is 11.0 Å². The number of fused-ring (bicyclic) bond motifs is 1. The third-order valence-corrected chi connectivity index (χ3v) is 5.71. The number of H-pyrrole nitrogens is 1. The molecular formula is C25H23N3O. The van der Waals surface area contributed by atoms with E-state index in [2.05, 4.69) is 64.9 Å². The average molecular weight is 381 g/mol. The lowest BCUT2D eigenvalue weighted by Crippen LogP contribution is -2.28. The Kier molecular flexibility index (Phi) is 4.62. The molecule has 4 heteroatoms. The monoisotopic (exact) mass is 381 g/mol. The summed E-state index contributed by atoms with van der Waals surface area (Å²) in [5, 5.41) is 3.70. The third kappa shape index (κ3) is 3.67. The Bertz CT molecular complexity index is 1160. The van der Waals surface area contributed by atoms with Crippen molar-refractivity contribution in [3.63, 3.8) is 0 Å². The highest BCUT2D eigenvalue weighted by Gasteiger charge is 2.19. The molecule has 1 aromatic heterocycles. The van der Waals surface area contributed by atoms with Crippen LogP contribution in [0.15, 0.2) is 90.0 Å². The Hall–Kier alpha value is -3.37. The van der Waals surface area contributed by atoms with Gasteiger partial charge in [0.2, 0.25) is 0 Å². The molecule has 2 N–H and O–H groups in total. The molecule has 0 aliphatic heterocycles. The third-order valence-electron chi connectivity index (χ3n) is 5.71. The van der Waals surface area contributed by atoms with Gasteiger partial charge in [-0.25, -0.2) is 4.79 Å². The molecule has 0 amide bonds. The zero-order chi connectivity index (χ0) is 19.6. The van der Waals surface area contributed by atoms with Crippen molar-refractivity contribution in [3.8, 4) is 16.8 Å². The summed E-state index contributed by atoms with van der Waals surface area (Å²) in [7, 11) is 0. The van der Waals surface area contributed by atoms with E-state index >= 15 is 0 Å². The van der Waals surface area contributed by atoms with Crippen molar-refractivity contribution in [2.24, 2.45) is 0 Å². The van der Waals surface area contributed by atoms with E-state index in [-0.39, 0.29) is 5.69 Å². The minimum Gasteiger partial charge on any atom is -0.312 e. The molecule has 3 aromatic carbocycles. The van der Waals surface area contributed by atoms with E-state index in [1.54, 1.807) is 17.0 Å². The summed E-state index contributed by atoms with van der Waals surface area (Å²) in [6.45, 7) is 0.873. The van der Waals surface area contributed by atoms with E-state index < -0.39 is 0 Å². The topological polar surface area (TPSA) is 49.8 Å². The van der Waals surface area contributed by atoms with Crippen LogP contribution in [0.5, 0.6) is 0 Å². The summed E-state index contributed by atoms with van der Waals surface area (Å²) in [5.74, 6) is 0. The lowest BCUT2D eigenvalue weighted by molar-refractivity contribution is 0.533. The van der Waals surface area contributed by atoms with Gasteiger partial charge in [0.05, 0.1) is 5.69 Å². The number of imidazole rings is 1. The first-order chi connectivity index (χ1) is 14.3. The van der Waals surface area contributed by atoms with Gasteiger partial charge in [-0.2, -0.15) is 0 Å². The summed E-state index contributed by atoms with van der Waals surface area (Å²) >= 11 is 0. The molecule has 0 fully saturated rings. The molecule has 0 bridgehead atoms. The Balaban J connectivity index is 1.26. The Morgan fingerprint density at radius 1 is 0.897 bits per heavy atom. The summed E-state index contributed by atoms with van der Waals surface area (Å²) < 4.78 is 1.61. The van der Waals surface area contributed by atoms with Gasteiger partial charge in [-0.1, -0.05) is 60.7 Å². The van der Waals surface area contributed by atoms with Gasteiger partial charge < -0.3 is 10.3 Å². The number of aromatic nitrogens is 2. The first-order valence-corrected chi connectivity index (χ1v) is 10.0. The largest absolute Gasteiger partial charge is 0.330 e. The van der Waals surface area contributed by atoms with Crippen LogP contribution in [-0.2, 0) is 19.4 Å². The van der Waals surface area contributed by atoms with Gasteiger partial charge in [-0.15, -0.1) is 0 Å². The van der Waals surface area contributed by atoms with Gasteiger partial charge >= 0.3 is 5.69 Å². The molecule has 144 valence electrons. The predicted molar refractivity (Wildman–Crippen MR) is 116 cm³/mol. The fourth-order valence-electron chi connectivity index (χ4n) is 4.14. The maximum absolute atomic E-state index is 11.9. The fourth-order valence-corrected chi connectivity index (χ4v) is 4.14. The van der Waals surface area contributed by atoms with E-state index in [0.717, 1.165) is 36.2 Å². The summed E-state index contributed by atoms with van der Waals surface area (Å²) in [5.41, 5.74) is 7.21. The van der Waals surface area contributed by atoms with Gasteiger partial charge in [0, 0.05) is 25.0 Å². The second-order valence-corrected chi connectivity index (χ2v) is 7.64. The number of rotatable bonds is 5. The van der Waals surface area contributed by atoms with Crippen LogP contribution in [0, 0.1) is 0 Å². The van der Waals surface area contributed by atoms with Crippen molar-refractivity contribution in [1.29, 1.82) is 0 Å². The van der Waals surface area contributed by atoms with Crippen LogP contribution in [0.4, 0.5) is 0 Å². The highest BCUT2D eigenvalue weighted by atomic mass is 16.1. The molecule has 5 rings (SSSR count). The molecule has 1 heterocycles. The second kappa shape index (κ2) is 7.57. The van der Waals surface area contributed by atoms with Crippen LogP contribution in [-0.4, -0.2) is 15.6 Å². The average Bonchev–Trinajstić information content (AvgIpc) is 3.38. The van der Waals surface area contributed by atoms with Crippen LogP contribution in [0.3, 0.4) is 0 Å². The first kappa shape index (κ1) is 17.7. The van der Waals surface area contributed by atoms with Gasteiger partial charge in [-0.3, -0.25) is 4.57 Å². The fraction of sp³-hybridized carbons (Fsp3) is 0.160. The van der Waals surface area contributed by atoms with Gasteiger partial charge in [0.15, 0.2) is 0 Å². The lowest BCUT2D eigenvalue weighted by Gasteiger charge is -2.12. The number of aromatic amines is 1. The maximum atomic E-state index is 11.9. The van der Waals surface area contributed by atoms with Crippen LogP contribution in [0.25, 0.3) is 16.8 Å². The van der Waals surface area contributed by atoms with E-state index in [1.165, 1.54) is 16.7 Å². The first-order valence-electron chi connectivity index (χ1n) is 10.0. The molecule has 0 saturated heterocycles. The lowest BCUT2D eigenvalue weighted by atomic mass is 10.0. The standard InChI is InChI=1S/C25H23N3O/c29-25-26-12-13-28(25)24-7-3-6-22(16-24)19-10-8-18(9-11-19)17-27-23-14-20-4-1-2-5-21(20)15-23/h1-13,16,23,27H,14-15,17H2,(H,26,29). The quantitative estimate of drug-likeness (QED) is 0.547. The van der Waals surface area contributed by atoms with Crippen LogP contribution in [0.1, 0.15) is 16.7 Å². The second-order valence-electron chi connectivity index (χ2n) is 7.64. The molecule has 1 aliphatic rings. The minimum atomic E-state index is -0.127.